The Balaban J connectivity index is 1.23. The van der Waals surface area contributed by atoms with E-state index in [1.807, 2.05) is 29.2 Å². The number of hydrogen-bond donors (Lipinski definition) is 2. The number of piperazine rings is 1. The number of halogens is 1. The van der Waals surface area contributed by atoms with Crippen LogP contribution in [0.5, 0.6) is 0 Å². The summed E-state index contributed by atoms with van der Waals surface area (Å²) in [6, 6.07) is 17.6. The van der Waals surface area contributed by atoms with Gasteiger partial charge in [-0.05, 0) is 64.3 Å². The minimum absolute atomic E-state index is 0.0130. The van der Waals surface area contributed by atoms with E-state index in [0.717, 1.165) is 22.3 Å². The van der Waals surface area contributed by atoms with Gasteiger partial charge in [0.25, 0.3) is 0 Å². The van der Waals surface area contributed by atoms with Crippen molar-refractivity contribution in [1.29, 1.82) is 0 Å². The number of fused-ring (bicyclic) bond motifs is 3. The van der Waals surface area contributed by atoms with Gasteiger partial charge in [-0.15, -0.1) is 3.89 Å². The normalized spacial score (nSPS) is 15.7. The third-order valence-corrected chi connectivity index (χ3v) is 8.80. The summed E-state index contributed by atoms with van der Waals surface area (Å²) >= 11 is 0. The van der Waals surface area contributed by atoms with Gasteiger partial charge < -0.3 is 19.7 Å². The molecule has 0 saturated carbocycles. The van der Waals surface area contributed by atoms with Crippen LogP contribution in [-0.4, -0.2) is 74.3 Å². The molecule has 1 saturated heterocycles. The van der Waals surface area contributed by atoms with Crippen molar-refractivity contribution in [2.45, 2.75) is 31.2 Å². The van der Waals surface area contributed by atoms with Gasteiger partial charge in [-0.25, -0.2) is 4.79 Å². The van der Waals surface area contributed by atoms with E-state index in [0.29, 0.717) is 37.3 Å². The van der Waals surface area contributed by atoms with Crippen molar-refractivity contribution >= 4 is 28.9 Å². The number of benzene rings is 3. The summed E-state index contributed by atoms with van der Waals surface area (Å²) in [5, 5.41) is 19.6. The summed E-state index contributed by atoms with van der Waals surface area (Å²) < 4.78 is 43.1. The second kappa shape index (κ2) is 10.7. The Morgan fingerprint density at radius 3 is 2.08 bits per heavy atom. The first-order valence-electron chi connectivity index (χ1n) is 12.8. The molecule has 39 heavy (non-hydrogen) atoms. The van der Waals surface area contributed by atoms with E-state index < -0.39 is 22.2 Å². The van der Waals surface area contributed by atoms with Crippen LogP contribution in [0.1, 0.15) is 33.7 Å². The topological polar surface area (TPSA) is 107 Å². The molecule has 204 valence electrons. The molecule has 0 atom stereocenters. The van der Waals surface area contributed by atoms with Gasteiger partial charge in [0.1, 0.15) is 11.5 Å². The fraction of sp³-hybridized carbons (Fsp3) is 0.321. The second-order valence-electron chi connectivity index (χ2n) is 10.1. The number of rotatable bonds is 6. The summed E-state index contributed by atoms with van der Waals surface area (Å²) in [6.07, 6.45) is -0.389. The molecular formula is C28H30BFN2O6S. The van der Waals surface area contributed by atoms with Gasteiger partial charge in [-0.1, -0.05) is 48.5 Å². The van der Waals surface area contributed by atoms with E-state index in [4.69, 9.17) is 4.74 Å². The summed E-state index contributed by atoms with van der Waals surface area (Å²) in [4.78, 5) is 16.0. The van der Waals surface area contributed by atoms with Crippen LogP contribution in [-0.2, 0) is 21.5 Å². The van der Waals surface area contributed by atoms with E-state index in [2.05, 4.69) is 24.3 Å². The first kappa shape index (κ1) is 27.3. The summed E-state index contributed by atoms with van der Waals surface area (Å²) in [7, 11) is -6.98. The molecule has 3 aromatic carbocycles. The first-order chi connectivity index (χ1) is 18.6. The van der Waals surface area contributed by atoms with Gasteiger partial charge in [-0.2, -0.15) is 8.42 Å². The zero-order valence-electron chi connectivity index (χ0n) is 21.8. The maximum atomic E-state index is 13.9. The number of nitrogens with zero attached hydrogens (tertiary/aromatic N) is 2. The molecule has 0 aromatic heterocycles. The molecule has 1 amide bonds. The highest BCUT2D eigenvalue weighted by molar-refractivity contribution is 7.86. The number of ether oxygens (including phenoxy) is 1. The molecule has 2 aliphatic rings. The second-order valence-corrected chi connectivity index (χ2v) is 11.4. The SMILES string of the molecule is Cc1c(CN2CCN(C(=O)OCC3c4ccccc4-c4ccccc43)CC2)cc(S(=O)(=O)F)c(C)c1B(O)O. The van der Waals surface area contributed by atoms with Crippen molar-refractivity contribution in [3.63, 3.8) is 0 Å². The maximum Gasteiger partial charge on any atom is 0.489 e. The molecule has 11 heteroatoms. The van der Waals surface area contributed by atoms with Crippen LogP contribution in [0.15, 0.2) is 59.5 Å². The smallest absolute Gasteiger partial charge is 0.448 e. The van der Waals surface area contributed by atoms with Crippen molar-refractivity contribution in [1.82, 2.24) is 9.80 Å². The van der Waals surface area contributed by atoms with E-state index in [1.165, 1.54) is 13.0 Å². The first-order valence-corrected chi connectivity index (χ1v) is 14.2. The molecule has 1 aliphatic carbocycles. The zero-order valence-corrected chi connectivity index (χ0v) is 22.6. The monoisotopic (exact) mass is 552 g/mol. The number of hydrogen-bond acceptors (Lipinski definition) is 7. The molecule has 2 N–H and O–H groups in total. The molecule has 8 nitrogen and oxygen atoms in total. The molecule has 0 spiro atoms. The standard InChI is InChI=1S/C28H30BFN2O6S/c1-18-20(15-26(39(30,36)37)19(2)27(18)29(34)35)16-31-11-13-32(14-12-31)28(33)38-17-25-23-9-5-3-7-21(23)22-8-4-6-10-24(22)25/h3-10,15,25,34-35H,11-14,16-17H2,1-2H3. The van der Waals surface area contributed by atoms with Gasteiger partial charge in [0.15, 0.2) is 0 Å². The third-order valence-electron chi connectivity index (χ3n) is 7.85. The van der Waals surface area contributed by atoms with Gasteiger partial charge >= 0.3 is 23.4 Å². The van der Waals surface area contributed by atoms with E-state index in [1.54, 1.807) is 11.8 Å². The molecule has 1 fully saturated rings. The van der Waals surface area contributed by atoms with Gasteiger partial charge in [0, 0.05) is 38.6 Å². The Bertz CT molecular complexity index is 1480. The predicted octanol–water partition coefficient (Wildman–Crippen LogP) is 2.71. The minimum Gasteiger partial charge on any atom is -0.448 e. The molecule has 0 bridgehead atoms. The molecule has 0 radical (unpaired) electrons. The fourth-order valence-electron chi connectivity index (χ4n) is 5.78. The van der Waals surface area contributed by atoms with E-state index in [-0.39, 0.29) is 36.2 Å². The Kier molecular flexibility index (Phi) is 7.52. The predicted molar refractivity (Wildman–Crippen MR) is 146 cm³/mol. The van der Waals surface area contributed by atoms with Crippen molar-refractivity contribution in [2.75, 3.05) is 32.8 Å². The van der Waals surface area contributed by atoms with Crippen molar-refractivity contribution in [3.05, 3.63) is 82.4 Å². The zero-order chi connectivity index (χ0) is 27.9. The lowest BCUT2D eigenvalue weighted by atomic mass is 9.73. The van der Waals surface area contributed by atoms with Gasteiger partial charge in [-0.3, -0.25) is 4.90 Å². The third kappa shape index (κ3) is 5.32. The van der Waals surface area contributed by atoms with Crippen molar-refractivity contribution in [3.8, 4) is 11.1 Å². The average Bonchev–Trinajstić information content (AvgIpc) is 3.22. The fourth-order valence-corrected chi connectivity index (χ4v) is 6.54. The highest BCUT2D eigenvalue weighted by Gasteiger charge is 2.31. The van der Waals surface area contributed by atoms with Crippen LogP contribution in [0.2, 0.25) is 0 Å². The molecule has 5 rings (SSSR count). The van der Waals surface area contributed by atoms with Gasteiger partial charge in [0.2, 0.25) is 0 Å². The Hall–Kier alpha value is -3.25. The molecule has 3 aromatic rings. The quantitative estimate of drug-likeness (QED) is 0.358. The largest absolute Gasteiger partial charge is 0.489 e. The lowest BCUT2D eigenvalue weighted by Crippen LogP contribution is -2.48. The number of carbonyl (C=O) groups excluding carboxylic acids is 1. The lowest BCUT2D eigenvalue weighted by molar-refractivity contribution is 0.0728. The van der Waals surface area contributed by atoms with E-state index >= 15 is 0 Å². The van der Waals surface area contributed by atoms with Crippen LogP contribution in [0.25, 0.3) is 11.1 Å². The summed E-state index contributed by atoms with van der Waals surface area (Å²) in [5.41, 5.74) is 5.56. The van der Waals surface area contributed by atoms with E-state index in [9.17, 15) is 27.1 Å². The molecular weight excluding hydrogens is 522 g/mol. The van der Waals surface area contributed by atoms with Crippen LogP contribution >= 0.6 is 0 Å². The van der Waals surface area contributed by atoms with Gasteiger partial charge in [0.05, 0.1) is 0 Å². The molecule has 1 heterocycles. The molecule has 0 unspecified atom stereocenters. The Labute approximate surface area is 228 Å². The van der Waals surface area contributed by atoms with Crippen LogP contribution in [0.3, 0.4) is 0 Å². The number of carbonyl (C=O) groups is 1. The van der Waals surface area contributed by atoms with Crippen molar-refractivity contribution in [2.24, 2.45) is 0 Å². The number of amides is 1. The molecule has 1 aliphatic heterocycles. The average molecular weight is 552 g/mol. The Morgan fingerprint density at radius 1 is 0.974 bits per heavy atom. The summed E-state index contributed by atoms with van der Waals surface area (Å²) in [5.74, 6) is -0.0239. The maximum absolute atomic E-state index is 13.9. The lowest BCUT2D eigenvalue weighted by Gasteiger charge is -2.34. The van der Waals surface area contributed by atoms with Crippen molar-refractivity contribution < 1.29 is 31.9 Å². The summed E-state index contributed by atoms with van der Waals surface area (Å²) in [6.45, 7) is 5.31. The Morgan fingerprint density at radius 2 is 1.54 bits per heavy atom. The minimum atomic E-state index is -5.05. The van der Waals surface area contributed by atoms with Crippen LogP contribution in [0, 0.1) is 13.8 Å². The highest BCUT2D eigenvalue weighted by Crippen LogP contribution is 2.44. The van der Waals surface area contributed by atoms with Crippen LogP contribution in [0.4, 0.5) is 8.68 Å². The van der Waals surface area contributed by atoms with Crippen LogP contribution < -0.4 is 5.46 Å². The highest BCUT2D eigenvalue weighted by atomic mass is 32.3.